The van der Waals surface area contributed by atoms with Gasteiger partial charge in [-0.05, 0) is 43.7 Å². The normalized spacial score (nSPS) is 10.5. The minimum Gasteiger partial charge on any atom is -0.497 e. The van der Waals surface area contributed by atoms with Crippen LogP contribution in [-0.4, -0.2) is 25.1 Å². The zero-order valence-electron chi connectivity index (χ0n) is 15.1. The molecule has 0 saturated carbocycles. The quantitative estimate of drug-likeness (QED) is 0.709. The van der Waals surface area contributed by atoms with Gasteiger partial charge in [-0.3, -0.25) is 10.1 Å². The number of carbonyl (C=O) groups excluding carboxylic acids is 1. The summed E-state index contributed by atoms with van der Waals surface area (Å²) in [6.45, 7) is 4.10. The summed E-state index contributed by atoms with van der Waals surface area (Å²) in [4.78, 5) is 17.2. The highest BCUT2D eigenvalue weighted by Crippen LogP contribution is 2.30. The lowest BCUT2D eigenvalue weighted by Gasteiger charge is -2.09. The number of thiazole rings is 1. The van der Waals surface area contributed by atoms with Gasteiger partial charge in [0.25, 0.3) is 5.91 Å². The molecule has 0 fully saturated rings. The van der Waals surface area contributed by atoms with Crippen molar-refractivity contribution in [2.75, 3.05) is 19.5 Å². The molecule has 0 unspecified atom stereocenters. The van der Waals surface area contributed by atoms with Gasteiger partial charge in [-0.15, -0.1) is 11.3 Å². The van der Waals surface area contributed by atoms with E-state index in [9.17, 15) is 4.79 Å². The molecule has 0 aliphatic heterocycles. The number of ether oxygens (including phenoxy) is 2. The molecule has 0 aliphatic rings. The number of hydrogen-bond donors (Lipinski definition) is 1. The zero-order chi connectivity index (χ0) is 18.7. The summed E-state index contributed by atoms with van der Waals surface area (Å²) >= 11 is 1.39. The van der Waals surface area contributed by atoms with Crippen LogP contribution >= 0.6 is 11.3 Å². The Morgan fingerprint density at radius 3 is 2.62 bits per heavy atom. The van der Waals surface area contributed by atoms with E-state index in [1.807, 2.05) is 19.2 Å². The van der Waals surface area contributed by atoms with Crippen LogP contribution in [0.4, 0.5) is 5.13 Å². The number of amides is 1. The molecule has 1 heterocycles. The third-order valence-electron chi connectivity index (χ3n) is 4.04. The second-order valence-corrected chi connectivity index (χ2v) is 6.73. The van der Waals surface area contributed by atoms with Crippen LogP contribution in [0.2, 0.25) is 0 Å². The molecule has 5 nitrogen and oxygen atoms in total. The van der Waals surface area contributed by atoms with Crippen molar-refractivity contribution in [2.45, 2.75) is 13.8 Å². The second kappa shape index (κ2) is 7.58. The molecule has 2 aromatic carbocycles. The largest absolute Gasteiger partial charge is 0.497 e. The molecule has 1 N–H and O–H groups in total. The van der Waals surface area contributed by atoms with Crippen molar-refractivity contribution < 1.29 is 14.3 Å². The fraction of sp³-hybridized carbons (Fsp3) is 0.200. The molecule has 1 amide bonds. The maximum atomic E-state index is 12.6. The van der Waals surface area contributed by atoms with E-state index < -0.39 is 0 Å². The van der Waals surface area contributed by atoms with E-state index in [4.69, 9.17) is 9.47 Å². The van der Waals surface area contributed by atoms with Crippen molar-refractivity contribution in [3.8, 4) is 22.8 Å². The van der Waals surface area contributed by atoms with Crippen LogP contribution < -0.4 is 14.8 Å². The first-order valence-electron chi connectivity index (χ1n) is 8.08. The number of carbonyl (C=O) groups is 1. The van der Waals surface area contributed by atoms with Crippen LogP contribution in [0.5, 0.6) is 11.5 Å². The number of aryl methyl sites for hydroxylation is 2. The van der Waals surface area contributed by atoms with Crippen LogP contribution in [0.3, 0.4) is 0 Å². The lowest BCUT2D eigenvalue weighted by atomic mass is 10.0. The van der Waals surface area contributed by atoms with Gasteiger partial charge >= 0.3 is 0 Å². The van der Waals surface area contributed by atoms with Crippen molar-refractivity contribution in [3.05, 3.63) is 58.5 Å². The van der Waals surface area contributed by atoms with E-state index in [0.29, 0.717) is 22.2 Å². The van der Waals surface area contributed by atoms with Gasteiger partial charge in [-0.25, -0.2) is 4.98 Å². The van der Waals surface area contributed by atoms with Crippen molar-refractivity contribution in [1.29, 1.82) is 0 Å². The predicted octanol–water partition coefficient (Wildman–Crippen LogP) is 4.70. The average molecular weight is 368 g/mol. The molecular weight excluding hydrogens is 348 g/mol. The molecular formula is C20H20N2O3S. The summed E-state index contributed by atoms with van der Waals surface area (Å²) < 4.78 is 10.5. The van der Waals surface area contributed by atoms with Crippen LogP contribution in [0.1, 0.15) is 21.5 Å². The summed E-state index contributed by atoms with van der Waals surface area (Å²) in [5.41, 5.74) is 4.64. The molecule has 0 spiro atoms. The van der Waals surface area contributed by atoms with Crippen molar-refractivity contribution in [3.63, 3.8) is 0 Å². The van der Waals surface area contributed by atoms with Crippen molar-refractivity contribution >= 4 is 22.4 Å². The number of anilines is 1. The summed E-state index contributed by atoms with van der Waals surface area (Å²) in [5.74, 6) is 0.781. The summed E-state index contributed by atoms with van der Waals surface area (Å²) in [6.07, 6.45) is 0. The van der Waals surface area contributed by atoms with Crippen molar-refractivity contribution in [1.82, 2.24) is 4.98 Å². The second-order valence-electron chi connectivity index (χ2n) is 5.88. The van der Waals surface area contributed by atoms with Crippen LogP contribution in [0.25, 0.3) is 11.3 Å². The molecule has 134 valence electrons. The Balaban J connectivity index is 1.85. The molecule has 3 rings (SSSR count). The van der Waals surface area contributed by atoms with Gasteiger partial charge in [0.05, 0.1) is 25.5 Å². The Labute approximate surface area is 156 Å². The third kappa shape index (κ3) is 3.70. The molecule has 0 bridgehead atoms. The monoisotopic (exact) mass is 368 g/mol. The molecule has 0 saturated heterocycles. The minimum absolute atomic E-state index is 0.289. The Morgan fingerprint density at radius 1 is 1.08 bits per heavy atom. The van der Waals surface area contributed by atoms with E-state index in [1.54, 1.807) is 25.3 Å². The third-order valence-corrected chi connectivity index (χ3v) is 4.80. The van der Waals surface area contributed by atoms with Gasteiger partial charge in [-0.2, -0.15) is 0 Å². The van der Waals surface area contributed by atoms with Gasteiger partial charge in [0, 0.05) is 10.9 Å². The van der Waals surface area contributed by atoms with Gasteiger partial charge in [0.1, 0.15) is 11.5 Å². The van der Waals surface area contributed by atoms with Crippen LogP contribution in [-0.2, 0) is 0 Å². The number of methoxy groups -OCH3 is 2. The Bertz CT molecular complexity index is 950. The smallest absolute Gasteiger partial charge is 0.261 e. The first-order valence-corrected chi connectivity index (χ1v) is 8.96. The molecule has 26 heavy (non-hydrogen) atoms. The van der Waals surface area contributed by atoms with Gasteiger partial charge in [0.2, 0.25) is 0 Å². The Kier molecular flexibility index (Phi) is 5.23. The average Bonchev–Trinajstić information content (AvgIpc) is 3.11. The number of hydrogen-bond acceptors (Lipinski definition) is 5. The van der Waals surface area contributed by atoms with Crippen LogP contribution in [0, 0.1) is 13.8 Å². The number of aromatic nitrogens is 1. The standard InChI is InChI=1S/C20H20N2O3S/c1-12-5-6-13(2)15(9-12)17-11-26-20(21-17)22-19(23)16-10-14(24-3)7-8-18(16)25-4/h5-11H,1-4H3,(H,21,22,23). The summed E-state index contributed by atoms with van der Waals surface area (Å²) in [5, 5.41) is 5.32. The van der Waals surface area contributed by atoms with E-state index in [-0.39, 0.29) is 5.91 Å². The van der Waals surface area contributed by atoms with E-state index >= 15 is 0 Å². The molecule has 1 aromatic heterocycles. The highest BCUT2D eigenvalue weighted by Gasteiger charge is 2.16. The predicted molar refractivity (Wildman–Crippen MR) is 105 cm³/mol. The maximum absolute atomic E-state index is 12.6. The van der Waals surface area contributed by atoms with Gasteiger partial charge < -0.3 is 9.47 Å². The molecule has 3 aromatic rings. The fourth-order valence-corrected chi connectivity index (χ4v) is 3.33. The highest BCUT2D eigenvalue weighted by molar-refractivity contribution is 7.14. The first kappa shape index (κ1) is 17.9. The summed E-state index contributed by atoms with van der Waals surface area (Å²) in [6, 6.07) is 11.3. The minimum atomic E-state index is -0.289. The fourth-order valence-electron chi connectivity index (χ4n) is 2.62. The molecule has 0 radical (unpaired) electrons. The SMILES string of the molecule is COc1ccc(OC)c(C(=O)Nc2nc(-c3cc(C)ccc3C)cs2)c1. The maximum Gasteiger partial charge on any atom is 0.261 e. The zero-order valence-corrected chi connectivity index (χ0v) is 15.9. The number of benzene rings is 2. The van der Waals surface area contributed by atoms with Gasteiger partial charge in [0.15, 0.2) is 5.13 Å². The first-order chi connectivity index (χ1) is 12.5. The summed E-state index contributed by atoms with van der Waals surface area (Å²) in [7, 11) is 3.08. The van der Waals surface area contributed by atoms with Crippen LogP contribution in [0.15, 0.2) is 41.8 Å². The Morgan fingerprint density at radius 2 is 1.88 bits per heavy atom. The lowest BCUT2D eigenvalue weighted by molar-refractivity contribution is 0.102. The van der Waals surface area contributed by atoms with E-state index in [2.05, 4.69) is 28.5 Å². The van der Waals surface area contributed by atoms with Crippen molar-refractivity contribution in [2.24, 2.45) is 0 Å². The number of nitrogens with one attached hydrogen (secondary N) is 1. The lowest BCUT2D eigenvalue weighted by Crippen LogP contribution is -2.13. The molecule has 0 aliphatic carbocycles. The van der Waals surface area contributed by atoms with Gasteiger partial charge in [-0.1, -0.05) is 17.7 Å². The number of rotatable bonds is 5. The molecule has 6 heteroatoms. The van der Waals surface area contributed by atoms with E-state index in [0.717, 1.165) is 16.8 Å². The number of nitrogens with zero attached hydrogens (tertiary/aromatic N) is 1. The topological polar surface area (TPSA) is 60.5 Å². The van der Waals surface area contributed by atoms with E-state index in [1.165, 1.54) is 24.0 Å². The molecule has 0 atom stereocenters. The highest BCUT2D eigenvalue weighted by atomic mass is 32.1. The Hall–Kier alpha value is -2.86.